The lowest BCUT2D eigenvalue weighted by Crippen LogP contribution is -2.05. The predicted molar refractivity (Wildman–Crippen MR) is 57.5 cm³/mol. The van der Waals surface area contributed by atoms with E-state index in [1.807, 2.05) is 0 Å². The van der Waals surface area contributed by atoms with E-state index >= 15 is 0 Å². The highest BCUT2D eigenvalue weighted by molar-refractivity contribution is 7.91. The summed E-state index contributed by atoms with van der Waals surface area (Å²) >= 11 is 5.61. The van der Waals surface area contributed by atoms with Crippen LogP contribution in [0.4, 0.5) is 3.89 Å². The molecule has 0 aliphatic rings. The van der Waals surface area contributed by atoms with Gasteiger partial charge in [-0.05, 0) is 18.2 Å². The molecule has 0 aliphatic carbocycles. The first kappa shape index (κ1) is 13.4. The first-order valence-electron chi connectivity index (χ1n) is 4.15. The smallest absolute Gasteiger partial charge is 0.224 e. The molecule has 1 aromatic carbocycles. The summed E-state index contributed by atoms with van der Waals surface area (Å²) in [5, 5.41) is -0.130. The Hall–Kier alpha value is -0.660. The second-order valence-corrected chi connectivity index (χ2v) is 6.93. The van der Waals surface area contributed by atoms with E-state index in [1.54, 1.807) is 0 Å². The molecule has 1 aromatic rings. The van der Waals surface area contributed by atoms with Crippen LogP contribution in [-0.2, 0) is 20.1 Å². The molecule has 0 aromatic heterocycles. The molecule has 8 heteroatoms. The van der Waals surface area contributed by atoms with Gasteiger partial charge in [0.25, 0.3) is 0 Å². The van der Waals surface area contributed by atoms with Crippen molar-refractivity contribution >= 4 is 31.7 Å². The standard InChI is InChI=1S/C8H8ClFO4S2/c1-2-15(11,12)8-5-6(16(10,13)14)3-4-7(8)9/h3-5H,2H2,1H3. The van der Waals surface area contributed by atoms with Gasteiger partial charge in [0.1, 0.15) is 0 Å². The molecular weight excluding hydrogens is 279 g/mol. The Kier molecular flexibility index (Phi) is 3.61. The van der Waals surface area contributed by atoms with E-state index < -0.39 is 25.0 Å². The average molecular weight is 287 g/mol. The fraction of sp³-hybridized carbons (Fsp3) is 0.250. The second-order valence-electron chi connectivity index (χ2n) is 2.93. The highest BCUT2D eigenvalue weighted by atomic mass is 35.5. The molecule has 0 unspecified atom stereocenters. The Morgan fingerprint density at radius 3 is 2.25 bits per heavy atom. The molecule has 0 heterocycles. The van der Waals surface area contributed by atoms with E-state index in [2.05, 4.69) is 0 Å². The van der Waals surface area contributed by atoms with Crippen molar-refractivity contribution in [1.82, 2.24) is 0 Å². The molecule has 0 amide bonds. The van der Waals surface area contributed by atoms with Gasteiger partial charge >= 0.3 is 10.2 Å². The van der Waals surface area contributed by atoms with Crippen LogP contribution < -0.4 is 0 Å². The van der Waals surface area contributed by atoms with Crippen LogP contribution in [-0.4, -0.2) is 22.6 Å². The van der Waals surface area contributed by atoms with Crippen molar-refractivity contribution in [3.63, 3.8) is 0 Å². The first-order chi connectivity index (χ1) is 7.18. The van der Waals surface area contributed by atoms with Crippen molar-refractivity contribution < 1.29 is 20.7 Å². The molecule has 1 rings (SSSR count). The fourth-order valence-corrected chi connectivity index (χ4v) is 3.05. The number of sulfone groups is 1. The van der Waals surface area contributed by atoms with Crippen LogP contribution in [0.1, 0.15) is 6.92 Å². The third-order valence-corrected chi connectivity index (χ3v) is 4.93. The summed E-state index contributed by atoms with van der Waals surface area (Å²) < 4.78 is 56.9. The number of halogens is 2. The van der Waals surface area contributed by atoms with E-state index in [0.717, 1.165) is 18.2 Å². The molecule has 0 N–H and O–H groups in total. The number of benzene rings is 1. The third kappa shape index (κ3) is 2.72. The summed E-state index contributed by atoms with van der Waals surface area (Å²) in [5.74, 6) is -0.248. The zero-order chi connectivity index (χ0) is 12.6. The molecule has 0 saturated carbocycles. The Morgan fingerprint density at radius 1 is 1.25 bits per heavy atom. The molecule has 0 bridgehead atoms. The van der Waals surface area contributed by atoms with E-state index in [-0.39, 0.29) is 15.7 Å². The third-order valence-electron chi connectivity index (χ3n) is 1.90. The minimum Gasteiger partial charge on any atom is -0.224 e. The van der Waals surface area contributed by atoms with Gasteiger partial charge in [-0.2, -0.15) is 8.42 Å². The summed E-state index contributed by atoms with van der Waals surface area (Å²) in [6.07, 6.45) is 0. The largest absolute Gasteiger partial charge is 0.332 e. The number of hydrogen-bond donors (Lipinski definition) is 0. The van der Waals surface area contributed by atoms with Gasteiger partial charge in [-0.15, -0.1) is 3.89 Å². The van der Waals surface area contributed by atoms with Crippen LogP contribution in [0.3, 0.4) is 0 Å². The highest BCUT2D eigenvalue weighted by Gasteiger charge is 2.20. The van der Waals surface area contributed by atoms with Gasteiger partial charge in [-0.1, -0.05) is 18.5 Å². The molecule has 0 atom stereocenters. The minimum absolute atomic E-state index is 0.130. The summed E-state index contributed by atoms with van der Waals surface area (Å²) in [5.41, 5.74) is 0. The zero-order valence-electron chi connectivity index (χ0n) is 8.14. The zero-order valence-corrected chi connectivity index (χ0v) is 10.5. The van der Waals surface area contributed by atoms with E-state index in [0.29, 0.717) is 0 Å². The normalized spacial score (nSPS) is 12.7. The molecule has 4 nitrogen and oxygen atoms in total. The van der Waals surface area contributed by atoms with E-state index in [4.69, 9.17) is 11.6 Å². The van der Waals surface area contributed by atoms with Crippen molar-refractivity contribution in [2.24, 2.45) is 0 Å². The van der Waals surface area contributed by atoms with Gasteiger partial charge in [0.2, 0.25) is 0 Å². The van der Waals surface area contributed by atoms with Crippen molar-refractivity contribution in [1.29, 1.82) is 0 Å². The molecule has 0 saturated heterocycles. The maximum Gasteiger partial charge on any atom is 0.332 e. The van der Waals surface area contributed by atoms with Crippen LogP contribution in [0.5, 0.6) is 0 Å². The molecule has 0 aliphatic heterocycles. The average Bonchev–Trinajstić information content (AvgIpc) is 2.16. The van der Waals surface area contributed by atoms with Crippen LogP contribution in [0.2, 0.25) is 5.02 Å². The van der Waals surface area contributed by atoms with Gasteiger partial charge < -0.3 is 0 Å². The lowest BCUT2D eigenvalue weighted by Gasteiger charge is -2.05. The quantitative estimate of drug-likeness (QED) is 0.795. The van der Waals surface area contributed by atoms with Gasteiger partial charge in [0.15, 0.2) is 9.84 Å². The number of rotatable bonds is 3. The highest BCUT2D eigenvalue weighted by Crippen LogP contribution is 2.26. The minimum atomic E-state index is -4.93. The van der Waals surface area contributed by atoms with Gasteiger partial charge in [0, 0.05) is 0 Å². The maximum atomic E-state index is 12.7. The summed E-state index contributed by atoms with van der Waals surface area (Å²) in [7, 11) is -8.61. The van der Waals surface area contributed by atoms with Crippen molar-refractivity contribution in [3.05, 3.63) is 23.2 Å². The monoisotopic (exact) mass is 286 g/mol. The van der Waals surface area contributed by atoms with Gasteiger partial charge in [-0.3, -0.25) is 0 Å². The van der Waals surface area contributed by atoms with Crippen LogP contribution in [0.25, 0.3) is 0 Å². The first-order valence-corrected chi connectivity index (χ1v) is 7.57. The Balaban J connectivity index is 3.54. The predicted octanol–water partition coefficient (Wildman–Crippen LogP) is 1.79. The van der Waals surface area contributed by atoms with Crippen molar-refractivity contribution in [3.8, 4) is 0 Å². The lowest BCUT2D eigenvalue weighted by atomic mass is 10.4. The molecule has 16 heavy (non-hydrogen) atoms. The van der Waals surface area contributed by atoms with Crippen LogP contribution >= 0.6 is 11.6 Å². The van der Waals surface area contributed by atoms with Gasteiger partial charge in [0.05, 0.1) is 20.6 Å². The van der Waals surface area contributed by atoms with Gasteiger partial charge in [-0.25, -0.2) is 8.42 Å². The Bertz CT molecular complexity index is 607. The van der Waals surface area contributed by atoms with Crippen LogP contribution in [0.15, 0.2) is 28.0 Å². The molecule has 90 valence electrons. The van der Waals surface area contributed by atoms with Crippen molar-refractivity contribution in [2.45, 2.75) is 16.7 Å². The van der Waals surface area contributed by atoms with Crippen molar-refractivity contribution in [2.75, 3.05) is 5.75 Å². The lowest BCUT2D eigenvalue weighted by molar-refractivity contribution is 0.552. The van der Waals surface area contributed by atoms with Crippen LogP contribution in [0, 0.1) is 0 Å². The molecule has 0 spiro atoms. The Labute approximate surface area is 98.2 Å². The summed E-state index contributed by atoms with van der Waals surface area (Å²) in [6, 6.07) is 2.67. The fourth-order valence-electron chi connectivity index (χ4n) is 1.03. The number of hydrogen-bond acceptors (Lipinski definition) is 4. The maximum absolute atomic E-state index is 12.7. The molecular formula is C8H8ClFO4S2. The second kappa shape index (κ2) is 4.31. The van der Waals surface area contributed by atoms with E-state index in [9.17, 15) is 20.7 Å². The SMILES string of the molecule is CCS(=O)(=O)c1cc(S(=O)(=O)F)ccc1Cl. The van der Waals surface area contributed by atoms with E-state index in [1.165, 1.54) is 6.92 Å². The Morgan fingerprint density at radius 2 is 1.81 bits per heavy atom. The molecule has 0 radical (unpaired) electrons. The summed E-state index contributed by atoms with van der Waals surface area (Å²) in [6.45, 7) is 1.38. The topological polar surface area (TPSA) is 68.3 Å². The molecule has 0 fully saturated rings. The summed E-state index contributed by atoms with van der Waals surface area (Å²) in [4.78, 5) is -1.10.